The molecule has 0 fully saturated rings. The summed E-state index contributed by atoms with van der Waals surface area (Å²) in [6.45, 7) is 5.36. The molecule has 1 N–H and O–H groups in total. The van der Waals surface area contributed by atoms with Gasteiger partial charge < -0.3 is 19.7 Å². The summed E-state index contributed by atoms with van der Waals surface area (Å²) in [6.07, 6.45) is 0. The van der Waals surface area contributed by atoms with Crippen molar-refractivity contribution < 1.29 is 14.3 Å². The minimum Gasteiger partial charge on any atom is -0.493 e. The number of nitrogens with zero attached hydrogens (tertiary/aromatic N) is 1. The molecule has 184 valence electrons. The fraction of sp³-hybridized carbons (Fsp3) is 0.194. The molecule has 0 atom stereocenters. The van der Waals surface area contributed by atoms with Crippen LogP contribution in [0.15, 0.2) is 97.1 Å². The average molecular weight is 481 g/mol. The fourth-order valence-electron chi connectivity index (χ4n) is 4.09. The van der Waals surface area contributed by atoms with Gasteiger partial charge in [0.25, 0.3) is 0 Å². The maximum absolute atomic E-state index is 13.5. The molecule has 5 heteroatoms. The molecule has 2 amide bonds. The van der Waals surface area contributed by atoms with Crippen molar-refractivity contribution in [1.82, 2.24) is 4.90 Å². The summed E-state index contributed by atoms with van der Waals surface area (Å²) in [7, 11) is 1.63. The summed E-state index contributed by atoms with van der Waals surface area (Å²) in [5, 5.41) is 3.13. The lowest BCUT2D eigenvalue weighted by Crippen LogP contribution is -2.34. The van der Waals surface area contributed by atoms with Crippen LogP contribution < -0.4 is 14.8 Å². The topological polar surface area (TPSA) is 50.8 Å². The number of hydrogen-bond acceptors (Lipinski definition) is 3. The van der Waals surface area contributed by atoms with Crippen molar-refractivity contribution in [3.05, 3.63) is 125 Å². The molecule has 0 heterocycles. The van der Waals surface area contributed by atoms with Crippen LogP contribution in [0.4, 0.5) is 10.5 Å². The van der Waals surface area contributed by atoms with E-state index in [2.05, 4.69) is 5.32 Å². The number of benzene rings is 4. The minimum absolute atomic E-state index is 0.153. The number of aryl methyl sites for hydroxylation is 2. The predicted octanol–water partition coefficient (Wildman–Crippen LogP) is 7.13. The highest BCUT2D eigenvalue weighted by molar-refractivity contribution is 5.91. The summed E-state index contributed by atoms with van der Waals surface area (Å²) in [4.78, 5) is 15.3. The number of para-hydroxylation sites is 1. The molecule has 0 saturated carbocycles. The zero-order chi connectivity index (χ0) is 25.3. The normalized spacial score (nSPS) is 10.5. The van der Waals surface area contributed by atoms with Crippen LogP contribution in [-0.2, 0) is 19.7 Å². The fourth-order valence-corrected chi connectivity index (χ4v) is 4.09. The zero-order valence-electron chi connectivity index (χ0n) is 21.0. The quantitative estimate of drug-likeness (QED) is 0.277. The molecule has 0 saturated heterocycles. The molecule has 0 aliphatic rings. The third kappa shape index (κ3) is 6.45. The Kier molecular flexibility index (Phi) is 8.24. The van der Waals surface area contributed by atoms with E-state index in [1.807, 2.05) is 111 Å². The van der Waals surface area contributed by atoms with E-state index in [1.54, 1.807) is 12.0 Å². The second-order valence-corrected chi connectivity index (χ2v) is 8.80. The van der Waals surface area contributed by atoms with Gasteiger partial charge in [-0.25, -0.2) is 4.79 Å². The van der Waals surface area contributed by atoms with E-state index < -0.39 is 0 Å². The van der Waals surface area contributed by atoms with E-state index in [0.29, 0.717) is 31.2 Å². The number of methoxy groups -OCH3 is 1. The highest BCUT2D eigenvalue weighted by Gasteiger charge is 2.18. The van der Waals surface area contributed by atoms with Crippen LogP contribution in [0.2, 0.25) is 0 Å². The smallest absolute Gasteiger partial charge is 0.322 e. The zero-order valence-corrected chi connectivity index (χ0v) is 21.0. The van der Waals surface area contributed by atoms with Crippen LogP contribution >= 0.6 is 0 Å². The lowest BCUT2D eigenvalue weighted by Gasteiger charge is -2.25. The first-order valence-corrected chi connectivity index (χ1v) is 12.0. The third-order valence-electron chi connectivity index (χ3n) is 6.06. The van der Waals surface area contributed by atoms with E-state index in [4.69, 9.17) is 9.47 Å². The molecular weight excluding hydrogens is 448 g/mol. The number of anilines is 1. The monoisotopic (exact) mass is 480 g/mol. The molecular formula is C31H32N2O3. The van der Waals surface area contributed by atoms with Gasteiger partial charge in [0.05, 0.1) is 7.11 Å². The molecule has 0 unspecified atom stereocenters. The van der Waals surface area contributed by atoms with Gasteiger partial charge in [-0.2, -0.15) is 0 Å². The number of ether oxygens (including phenoxy) is 2. The molecule has 0 bridgehead atoms. The van der Waals surface area contributed by atoms with Crippen molar-refractivity contribution in [2.24, 2.45) is 0 Å². The van der Waals surface area contributed by atoms with Gasteiger partial charge in [0, 0.05) is 18.8 Å². The van der Waals surface area contributed by atoms with Crippen molar-refractivity contribution in [3.8, 4) is 11.5 Å². The maximum atomic E-state index is 13.5. The first-order chi connectivity index (χ1) is 17.5. The van der Waals surface area contributed by atoms with Crippen LogP contribution in [0.3, 0.4) is 0 Å². The number of nitrogens with one attached hydrogen (secondary N) is 1. The van der Waals surface area contributed by atoms with Crippen molar-refractivity contribution >= 4 is 11.7 Å². The molecule has 0 aliphatic carbocycles. The Bertz CT molecular complexity index is 1270. The summed E-state index contributed by atoms with van der Waals surface area (Å²) < 4.78 is 11.6. The molecule has 0 radical (unpaired) electrons. The highest BCUT2D eigenvalue weighted by atomic mass is 16.5. The number of rotatable bonds is 9. The largest absolute Gasteiger partial charge is 0.493 e. The molecule has 4 aromatic carbocycles. The number of carbonyl (C=O) groups excluding carboxylic acids is 1. The number of carbonyl (C=O) groups is 1. The standard InChI is InChI=1S/C31H32N2O3/c1-23-11-10-12-24(2)30(23)32-31(34)33(20-25-13-6-4-7-14-25)21-27-17-18-28(29(19-27)35-3)36-22-26-15-8-5-9-16-26/h4-19H,20-22H2,1-3H3,(H,32,34). The summed E-state index contributed by atoms with van der Waals surface area (Å²) in [6, 6.07) is 31.7. The van der Waals surface area contributed by atoms with E-state index in [1.165, 1.54) is 0 Å². The molecule has 5 nitrogen and oxygen atoms in total. The van der Waals surface area contributed by atoms with E-state index in [9.17, 15) is 4.79 Å². The van der Waals surface area contributed by atoms with E-state index in [-0.39, 0.29) is 6.03 Å². The molecule has 36 heavy (non-hydrogen) atoms. The Balaban J connectivity index is 1.54. The Morgan fingerprint density at radius 1 is 0.722 bits per heavy atom. The molecule has 4 rings (SSSR count). The second kappa shape index (κ2) is 11.9. The van der Waals surface area contributed by atoms with Gasteiger partial charge in [0.2, 0.25) is 0 Å². The Morgan fingerprint density at radius 2 is 1.33 bits per heavy atom. The van der Waals surface area contributed by atoms with Gasteiger partial charge in [0.15, 0.2) is 11.5 Å². The number of urea groups is 1. The molecule has 0 aromatic heterocycles. The van der Waals surface area contributed by atoms with Gasteiger partial charge >= 0.3 is 6.03 Å². The minimum atomic E-state index is -0.153. The van der Waals surface area contributed by atoms with Crippen molar-refractivity contribution in [2.45, 2.75) is 33.5 Å². The van der Waals surface area contributed by atoms with Gasteiger partial charge in [-0.05, 0) is 53.8 Å². The van der Waals surface area contributed by atoms with Crippen LogP contribution in [0.1, 0.15) is 27.8 Å². The first-order valence-electron chi connectivity index (χ1n) is 12.0. The predicted molar refractivity (Wildman–Crippen MR) is 144 cm³/mol. The third-order valence-corrected chi connectivity index (χ3v) is 6.06. The summed E-state index contributed by atoms with van der Waals surface area (Å²) in [5.41, 5.74) is 6.01. The average Bonchev–Trinajstić information content (AvgIpc) is 2.90. The van der Waals surface area contributed by atoms with Crippen LogP contribution in [0, 0.1) is 13.8 Å². The first kappa shape index (κ1) is 24.9. The van der Waals surface area contributed by atoms with Crippen LogP contribution in [0.25, 0.3) is 0 Å². The van der Waals surface area contributed by atoms with E-state index in [0.717, 1.165) is 33.5 Å². The number of hydrogen-bond donors (Lipinski definition) is 1. The van der Waals surface area contributed by atoms with Crippen molar-refractivity contribution in [2.75, 3.05) is 12.4 Å². The van der Waals surface area contributed by atoms with Crippen molar-refractivity contribution in [1.29, 1.82) is 0 Å². The molecule has 0 spiro atoms. The Labute approximate surface area is 213 Å². The van der Waals surface area contributed by atoms with Gasteiger partial charge in [-0.1, -0.05) is 84.9 Å². The maximum Gasteiger partial charge on any atom is 0.322 e. The van der Waals surface area contributed by atoms with Gasteiger partial charge in [-0.3, -0.25) is 0 Å². The van der Waals surface area contributed by atoms with Crippen LogP contribution in [-0.4, -0.2) is 18.0 Å². The molecule has 0 aliphatic heterocycles. The van der Waals surface area contributed by atoms with Crippen LogP contribution in [0.5, 0.6) is 11.5 Å². The Hall–Kier alpha value is -4.25. The Morgan fingerprint density at radius 3 is 1.97 bits per heavy atom. The lowest BCUT2D eigenvalue weighted by molar-refractivity contribution is 0.206. The molecule has 4 aromatic rings. The SMILES string of the molecule is COc1cc(CN(Cc2ccccc2)C(=O)Nc2c(C)cccc2C)ccc1OCc1ccccc1. The lowest BCUT2D eigenvalue weighted by atomic mass is 10.1. The second-order valence-electron chi connectivity index (χ2n) is 8.80. The number of amides is 2. The summed E-state index contributed by atoms with van der Waals surface area (Å²) in [5.74, 6) is 1.30. The van der Waals surface area contributed by atoms with Gasteiger partial charge in [-0.15, -0.1) is 0 Å². The van der Waals surface area contributed by atoms with E-state index >= 15 is 0 Å². The van der Waals surface area contributed by atoms with Crippen molar-refractivity contribution in [3.63, 3.8) is 0 Å². The van der Waals surface area contributed by atoms with Gasteiger partial charge in [0.1, 0.15) is 6.61 Å². The summed E-state index contributed by atoms with van der Waals surface area (Å²) >= 11 is 0. The highest BCUT2D eigenvalue weighted by Crippen LogP contribution is 2.30.